The van der Waals surface area contributed by atoms with Gasteiger partial charge in [0.15, 0.2) is 6.20 Å². The van der Waals surface area contributed by atoms with Crippen LogP contribution in [0.15, 0.2) is 91.1 Å². The molecule has 0 atom stereocenters. The smallest absolute Gasteiger partial charge is 0.159 e. The van der Waals surface area contributed by atoms with Crippen molar-refractivity contribution in [3.05, 3.63) is 108 Å². The highest BCUT2D eigenvalue weighted by Crippen LogP contribution is 2.36. The Morgan fingerprint density at radius 2 is 1.42 bits per heavy atom. The second-order valence-corrected chi connectivity index (χ2v) is 6.11. The molecule has 1 nitrogen and oxygen atoms in total. The van der Waals surface area contributed by atoms with Crippen LogP contribution in [0.5, 0.6) is 0 Å². The Balaban J connectivity index is 1.88. The van der Waals surface area contributed by atoms with E-state index in [0.717, 1.165) is 0 Å². The minimum Gasteiger partial charge on any atom is -0.159 e. The molecule has 0 saturated heterocycles. The second kappa shape index (κ2) is 5.17. The van der Waals surface area contributed by atoms with Gasteiger partial charge in [0.2, 0.25) is 11.4 Å². The highest BCUT2D eigenvalue weighted by molar-refractivity contribution is 6.02. The van der Waals surface area contributed by atoms with Crippen molar-refractivity contribution in [1.82, 2.24) is 0 Å². The first-order valence-corrected chi connectivity index (χ1v) is 8.22. The number of hydrogen-bond acceptors (Lipinski definition) is 0. The summed E-state index contributed by atoms with van der Waals surface area (Å²) in [5, 5.41) is 2.56. The van der Waals surface area contributed by atoms with Crippen LogP contribution in [0.4, 0.5) is 0 Å². The molecule has 0 fully saturated rings. The quantitative estimate of drug-likeness (QED) is 0.383. The molecule has 24 heavy (non-hydrogen) atoms. The van der Waals surface area contributed by atoms with Crippen molar-refractivity contribution in [2.24, 2.45) is 0 Å². The van der Waals surface area contributed by atoms with Gasteiger partial charge in [0, 0.05) is 12.1 Å². The Kier molecular flexibility index (Phi) is 2.86. The fourth-order valence-electron chi connectivity index (χ4n) is 3.59. The lowest BCUT2D eigenvalue weighted by molar-refractivity contribution is -0.592. The summed E-state index contributed by atoms with van der Waals surface area (Å²) in [6.07, 6.45) is 4.48. The lowest BCUT2D eigenvalue weighted by atomic mass is 9.98. The lowest BCUT2D eigenvalue weighted by Crippen LogP contribution is -2.30. The first-order chi connectivity index (χ1) is 11.9. The van der Waals surface area contributed by atoms with Gasteiger partial charge in [-0.05, 0) is 29.2 Å². The molecular weight excluding hydrogens is 290 g/mol. The maximum absolute atomic E-state index is 2.31. The molecule has 0 amide bonds. The molecule has 0 unspecified atom stereocenters. The van der Waals surface area contributed by atoms with Gasteiger partial charge in [-0.3, -0.25) is 0 Å². The maximum Gasteiger partial charge on any atom is 0.227 e. The predicted molar refractivity (Wildman–Crippen MR) is 98.9 cm³/mol. The number of pyridine rings is 1. The van der Waals surface area contributed by atoms with Gasteiger partial charge in [0.05, 0.1) is 16.5 Å². The van der Waals surface area contributed by atoms with E-state index in [9.17, 15) is 0 Å². The van der Waals surface area contributed by atoms with Gasteiger partial charge in [-0.1, -0.05) is 60.7 Å². The molecule has 0 bridgehead atoms. The van der Waals surface area contributed by atoms with Crippen LogP contribution in [-0.2, 0) is 0 Å². The summed E-state index contributed by atoms with van der Waals surface area (Å²) in [7, 11) is 0. The molecular formula is C23H16N+. The monoisotopic (exact) mass is 306 g/mol. The molecule has 4 aromatic rings. The number of para-hydroxylation sites is 1. The Labute approximate surface area is 141 Å². The molecule has 0 saturated carbocycles. The molecule has 112 valence electrons. The second-order valence-electron chi connectivity index (χ2n) is 6.11. The summed E-state index contributed by atoms with van der Waals surface area (Å²) < 4.78 is 2.31. The number of hydrogen-bond donors (Lipinski definition) is 0. The highest BCUT2D eigenvalue weighted by Gasteiger charge is 2.33. The molecule has 1 aromatic heterocycles. The summed E-state index contributed by atoms with van der Waals surface area (Å²) in [5.41, 5.74) is 6.33. The van der Waals surface area contributed by atoms with Crippen LogP contribution in [-0.4, -0.2) is 0 Å². The fraction of sp³-hybridized carbons (Fsp3) is 0. The molecule has 0 N–H and O–H groups in total. The molecule has 2 heterocycles. The number of fused-ring (bicyclic) bond motifs is 5. The van der Waals surface area contributed by atoms with Crippen molar-refractivity contribution in [2.75, 3.05) is 0 Å². The van der Waals surface area contributed by atoms with Crippen molar-refractivity contribution >= 4 is 22.4 Å². The van der Waals surface area contributed by atoms with Crippen LogP contribution in [0.25, 0.3) is 28.1 Å². The average molecular weight is 306 g/mol. The van der Waals surface area contributed by atoms with Gasteiger partial charge >= 0.3 is 0 Å². The number of rotatable bonds is 1. The third-order valence-electron chi connectivity index (χ3n) is 4.68. The van der Waals surface area contributed by atoms with Gasteiger partial charge in [0.25, 0.3) is 0 Å². The van der Waals surface area contributed by atoms with E-state index in [1.807, 2.05) is 0 Å². The number of aromatic nitrogens is 1. The van der Waals surface area contributed by atoms with Crippen LogP contribution in [0, 0.1) is 0 Å². The van der Waals surface area contributed by atoms with Crippen molar-refractivity contribution in [3.8, 4) is 5.69 Å². The van der Waals surface area contributed by atoms with Crippen LogP contribution in [0.1, 0.15) is 16.8 Å². The first-order valence-electron chi connectivity index (χ1n) is 8.22. The normalized spacial score (nSPS) is 13.9. The summed E-state index contributed by atoms with van der Waals surface area (Å²) in [4.78, 5) is 0. The minimum atomic E-state index is 1.23. The first kappa shape index (κ1) is 13.3. The lowest BCUT2D eigenvalue weighted by Gasteiger charge is -2.01. The molecule has 5 rings (SSSR count). The van der Waals surface area contributed by atoms with Crippen molar-refractivity contribution in [3.63, 3.8) is 0 Å². The Morgan fingerprint density at radius 3 is 2.33 bits per heavy atom. The van der Waals surface area contributed by atoms with E-state index in [1.165, 1.54) is 38.9 Å². The van der Waals surface area contributed by atoms with E-state index in [2.05, 4.69) is 102 Å². The topological polar surface area (TPSA) is 3.88 Å². The van der Waals surface area contributed by atoms with Crippen molar-refractivity contribution < 1.29 is 4.57 Å². The van der Waals surface area contributed by atoms with E-state index in [-0.39, 0.29) is 0 Å². The summed E-state index contributed by atoms with van der Waals surface area (Å²) >= 11 is 0. The van der Waals surface area contributed by atoms with Crippen LogP contribution < -0.4 is 4.57 Å². The summed E-state index contributed by atoms with van der Waals surface area (Å²) in [6.45, 7) is 0. The van der Waals surface area contributed by atoms with E-state index in [0.29, 0.717) is 0 Å². The number of nitrogens with zero attached hydrogens (tertiary/aromatic N) is 1. The Hall–Kier alpha value is -3.19. The Morgan fingerprint density at radius 1 is 0.667 bits per heavy atom. The Bertz CT molecular complexity index is 1090. The van der Waals surface area contributed by atoms with Crippen LogP contribution in [0.3, 0.4) is 0 Å². The van der Waals surface area contributed by atoms with E-state index in [4.69, 9.17) is 0 Å². The molecule has 3 aromatic carbocycles. The van der Waals surface area contributed by atoms with Crippen molar-refractivity contribution in [2.45, 2.75) is 0 Å². The van der Waals surface area contributed by atoms with Crippen LogP contribution >= 0.6 is 0 Å². The van der Waals surface area contributed by atoms with Gasteiger partial charge in [-0.25, -0.2) is 0 Å². The van der Waals surface area contributed by atoms with Gasteiger partial charge in [0.1, 0.15) is 0 Å². The minimum absolute atomic E-state index is 1.23. The van der Waals surface area contributed by atoms with E-state index >= 15 is 0 Å². The van der Waals surface area contributed by atoms with Crippen LogP contribution in [0.2, 0.25) is 0 Å². The standard InChI is InChI=1S/C23H16N/c1-2-8-17(9-3-1)16-21-20-12-6-7-13-22(20)24-15-14-18-10-4-5-11-19(18)23(21)24/h1-16H/q+1/b21-16+. The van der Waals surface area contributed by atoms with Crippen molar-refractivity contribution in [1.29, 1.82) is 0 Å². The molecule has 0 spiro atoms. The summed E-state index contributed by atoms with van der Waals surface area (Å²) in [5.74, 6) is 0. The van der Waals surface area contributed by atoms with Gasteiger partial charge in [-0.15, -0.1) is 0 Å². The average Bonchev–Trinajstić information content (AvgIpc) is 2.97. The third-order valence-corrected chi connectivity index (χ3v) is 4.68. The molecule has 1 heteroatoms. The zero-order valence-corrected chi connectivity index (χ0v) is 13.2. The zero-order chi connectivity index (χ0) is 15.9. The molecule has 0 radical (unpaired) electrons. The molecule has 1 aliphatic heterocycles. The highest BCUT2D eigenvalue weighted by atomic mass is 15.0. The zero-order valence-electron chi connectivity index (χ0n) is 13.2. The SMILES string of the molecule is C(=C1/c2ccccc2-[n+]2ccc3ccccc3c21)/c1ccccc1. The fourth-order valence-corrected chi connectivity index (χ4v) is 3.59. The maximum atomic E-state index is 2.31. The van der Waals surface area contributed by atoms with E-state index in [1.54, 1.807) is 0 Å². The molecule has 1 aliphatic rings. The largest absolute Gasteiger partial charge is 0.227 e. The number of benzene rings is 3. The van der Waals surface area contributed by atoms with E-state index < -0.39 is 0 Å². The molecule has 0 aliphatic carbocycles. The summed E-state index contributed by atoms with van der Waals surface area (Å²) in [6, 6.07) is 30.0. The van der Waals surface area contributed by atoms with Gasteiger partial charge in [-0.2, -0.15) is 4.57 Å². The van der Waals surface area contributed by atoms with Gasteiger partial charge < -0.3 is 0 Å². The predicted octanol–water partition coefficient (Wildman–Crippen LogP) is 5.02. The third kappa shape index (κ3) is 1.92.